The number of benzene rings is 2. The molecule has 0 fully saturated rings. The third kappa shape index (κ3) is 6.35. The van der Waals surface area contributed by atoms with Crippen LogP contribution in [0.3, 0.4) is 0 Å². The van der Waals surface area contributed by atoms with Gasteiger partial charge in [0.1, 0.15) is 5.75 Å². The number of hydrogen-bond donors (Lipinski definition) is 1. The maximum absolute atomic E-state index is 12.0. The molecule has 2 aromatic carbocycles. The van der Waals surface area contributed by atoms with E-state index in [1.165, 1.54) is 22.7 Å². The lowest BCUT2D eigenvalue weighted by atomic mass is 10.3. The number of carbonyl (C=O) groups is 2. The van der Waals surface area contributed by atoms with E-state index >= 15 is 0 Å². The van der Waals surface area contributed by atoms with Crippen molar-refractivity contribution < 1.29 is 14.3 Å². The standard InChI is InChI=1S/C19H20N2O3S/c1-21(19(23)12-13-25-17-6-4-3-5-7-17)14-18(22)20-15-8-10-16(24-2)11-9-15/h3-13H,14H2,1-2H3,(H,20,22)/b13-12+. The molecule has 6 heteroatoms. The lowest BCUT2D eigenvalue weighted by molar-refractivity contribution is -0.129. The van der Waals surface area contributed by atoms with Gasteiger partial charge in [-0.25, -0.2) is 0 Å². The van der Waals surface area contributed by atoms with Gasteiger partial charge < -0.3 is 15.0 Å². The van der Waals surface area contributed by atoms with Gasteiger partial charge >= 0.3 is 0 Å². The zero-order chi connectivity index (χ0) is 18.1. The molecule has 2 amide bonds. The molecule has 0 aliphatic heterocycles. The van der Waals surface area contributed by atoms with E-state index in [4.69, 9.17) is 4.74 Å². The van der Waals surface area contributed by atoms with Gasteiger partial charge in [0.15, 0.2) is 0 Å². The van der Waals surface area contributed by atoms with Gasteiger partial charge in [-0.15, -0.1) is 0 Å². The fourth-order valence-corrected chi connectivity index (χ4v) is 2.62. The van der Waals surface area contributed by atoms with Crippen molar-refractivity contribution in [1.29, 1.82) is 0 Å². The highest BCUT2D eigenvalue weighted by Gasteiger charge is 2.10. The van der Waals surface area contributed by atoms with E-state index in [1.807, 2.05) is 30.3 Å². The number of hydrogen-bond acceptors (Lipinski definition) is 4. The molecule has 0 spiro atoms. The Hall–Kier alpha value is -2.73. The molecular weight excluding hydrogens is 336 g/mol. The minimum absolute atomic E-state index is 0.0226. The smallest absolute Gasteiger partial charge is 0.247 e. The monoisotopic (exact) mass is 356 g/mol. The summed E-state index contributed by atoms with van der Waals surface area (Å²) in [6, 6.07) is 16.7. The molecule has 0 bridgehead atoms. The highest BCUT2D eigenvalue weighted by atomic mass is 32.2. The molecule has 0 radical (unpaired) electrons. The second-order valence-corrected chi connectivity index (χ2v) is 6.18. The Morgan fingerprint density at radius 3 is 2.44 bits per heavy atom. The number of carbonyl (C=O) groups excluding carboxylic acids is 2. The molecule has 5 nitrogen and oxygen atoms in total. The van der Waals surface area contributed by atoms with Gasteiger partial charge in [-0.3, -0.25) is 9.59 Å². The number of methoxy groups -OCH3 is 1. The number of likely N-dealkylation sites (N-methyl/N-ethyl adjacent to an activating group) is 1. The largest absolute Gasteiger partial charge is 0.497 e. The minimum Gasteiger partial charge on any atom is -0.497 e. The number of nitrogens with zero attached hydrogens (tertiary/aromatic N) is 1. The van der Waals surface area contributed by atoms with Crippen LogP contribution in [0.4, 0.5) is 5.69 Å². The zero-order valence-corrected chi connectivity index (χ0v) is 15.0. The van der Waals surface area contributed by atoms with E-state index in [9.17, 15) is 9.59 Å². The molecule has 2 rings (SSSR count). The summed E-state index contributed by atoms with van der Waals surface area (Å²) in [6.07, 6.45) is 1.46. The highest BCUT2D eigenvalue weighted by molar-refractivity contribution is 8.02. The number of amides is 2. The Morgan fingerprint density at radius 2 is 1.80 bits per heavy atom. The Bertz CT molecular complexity index is 730. The van der Waals surface area contributed by atoms with Crippen molar-refractivity contribution in [3.63, 3.8) is 0 Å². The van der Waals surface area contributed by atoms with Crippen molar-refractivity contribution in [3.05, 3.63) is 66.1 Å². The SMILES string of the molecule is COc1ccc(NC(=O)CN(C)C(=O)/C=C/Sc2ccccc2)cc1. The Kier molecular flexibility index (Phi) is 7.10. The van der Waals surface area contributed by atoms with Gasteiger partial charge in [0.05, 0.1) is 13.7 Å². The first-order chi connectivity index (χ1) is 12.1. The third-order valence-electron chi connectivity index (χ3n) is 3.29. The molecule has 0 saturated heterocycles. The predicted octanol–water partition coefficient (Wildman–Crippen LogP) is 3.40. The van der Waals surface area contributed by atoms with Gasteiger partial charge in [0, 0.05) is 23.7 Å². The van der Waals surface area contributed by atoms with Gasteiger partial charge in [0.2, 0.25) is 11.8 Å². The molecule has 0 aromatic heterocycles. The fourth-order valence-electron chi connectivity index (χ4n) is 1.97. The molecule has 0 atom stereocenters. The second kappa shape index (κ2) is 9.54. The lowest BCUT2D eigenvalue weighted by Gasteiger charge is -2.15. The van der Waals surface area contributed by atoms with Crippen molar-refractivity contribution in [2.75, 3.05) is 26.0 Å². The van der Waals surface area contributed by atoms with Crippen molar-refractivity contribution >= 4 is 29.3 Å². The minimum atomic E-state index is -0.259. The van der Waals surface area contributed by atoms with Crippen LogP contribution in [0.1, 0.15) is 0 Å². The van der Waals surface area contributed by atoms with Gasteiger partial charge in [0.25, 0.3) is 0 Å². The molecule has 130 valence electrons. The topological polar surface area (TPSA) is 58.6 Å². The number of thioether (sulfide) groups is 1. The van der Waals surface area contributed by atoms with E-state index in [0.717, 1.165) is 4.90 Å². The van der Waals surface area contributed by atoms with Crippen LogP contribution < -0.4 is 10.1 Å². The van der Waals surface area contributed by atoms with Crippen LogP contribution in [-0.2, 0) is 9.59 Å². The van der Waals surface area contributed by atoms with Crippen LogP contribution in [0.25, 0.3) is 0 Å². The van der Waals surface area contributed by atoms with Gasteiger partial charge in [-0.05, 0) is 41.8 Å². The molecule has 0 aliphatic carbocycles. The average molecular weight is 356 g/mol. The van der Waals surface area contributed by atoms with Crippen LogP contribution in [-0.4, -0.2) is 37.4 Å². The summed E-state index contributed by atoms with van der Waals surface area (Å²) in [4.78, 5) is 26.5. The number of anilines is 1. The van der Waals surface area contributed by atoms with Crippen molar-refractivity contribution in [2.45, 2.75) is 4.90 Å². The molecular formula is C19H20N2O3S. The van der Waals surface area contributed by atoms with Crippen molar-refractivity contribution in [1.82, 2.24) is 4.90 Å². The highest BCUT2D eigenvalue weighted by Crippen LogP contribution is 2.18. The summed E-state index contributed by atoms with van der Waals surface area (Å²) in [5.74, 6) is 0.227. The molecule has 0 heterocycles. The zero-order valence-electron chi connectivity index (χ0n) is 14.1. The van der Waals surface area contributed by atoms with E-state index in [0.29, 0.717) is 11.4 Å². The number of rotatable bonds is 7. The molecule has 0 aliphatic rings. The maximum Gasteiger partial charge on any atom is 0.247 e. The molecule has 0 unspecified atom stereocenters. The van der Waals surface area contributed by atoms with E-state index in [-0.39, 0.29) is 18.4 Å². The summed E-state index contributed by atoms with van der Waals surface area (Å²) < 4.78 is 5.06. The quantitative estimate of drug-likeness (QED) is 0.610. The number of nitrogens with one attached hydrogen (secondary N) is 1. The first-order valence-corrected chi connectivity index (χ1v) is 8.53. The number of ether oxygens (including phenoxy) is 1. The molecule has 1 N–H and O–H groups in total. The maximum atomic E-state index is 12.0. The third-order valence-corrected chi connectivity index (χ3v) is 4.11. The van der Waals surface area contributed by atoms with Crippen LogP contribution >= 0.6 is 11.8 Å². The summed E-state index contributed by atoms with van der Waals surface area (Å²) in [6.45, 7) is -0.0226. The van der Waals surface area contributed by atoms with Crippen LogP contribution in [0, 0.1) is 0 Å². The van der Waals surface area contributed by atoms with Crippen molar-refractivity contribution in [2.24, 2.45) is 0 Å². The normalized spacial score (nSPS) is 10.5. The van der Waals surface area contributed by atoms with E-state index in [1.54, 1.807) is 43.8 Å². The lowest BCUT2D eigenvalue weighted by Crippen LogP contribution is -2.33. The fraction of sp³-hybridized carbons (Fsp3) is 0.158. The molecule has 25 heavy (non-hydrogen) atoms. The second-order valence-electron chi connectivity index (χ2n) is 5.20. The van der Waals surface area contributed by atoms with Crippen molar-refractivity contribution in [3.8, 4) is 5.75 Å². The Morgan fingerprint density at radius 1 is 1.12 bits per heavy atom. The van der Waals surface area contributed by atoms with Crippen LogP contribution in [0.5, 0.6) is 5.75 Å². The summed E-state index contributed by atoms with van der Waals surface area (Å²) in [5.41, 5.74) is 0.654. The van der Waals surface area contributed by atoms with Gasteiger partial charge in [-0.2, -0.15) is 0 Å². The summed E-state index contributed by atoms with van der Waals surface area (Å²) >= 11 is 1.45. The average Bonchev–Trinajstić information content (AvgIpc) is 2.63. The first kappa shape index (κ1) is 18.6. The first-order valence-electron chi connectivity index (χ1n) is 7.66. The van der Waals surface area contributed by atoms with Crippen LogP contribution in [0.15, 0.2) is 71.0 Å². The van der Waals surface area contributed by atoms with E-state index in [2.05, 4.69) is 5.32 Å². The Labute approximate surface area is 151 Å². The summed E-state index contributed by atoms with van der Waals surface area (Å²) in [7, 11) is 3.17. The predicted molar refractivity (Wildman–Crippen MR) is 101 cm³/mol. The molecule has 2 aromatic rings. The summed E-state index contributed by atoms with van der Waals surface area (Å²) in [5, 5.41) is 4.46. The van der Waals surface area contributed by atoms with Crippen LogP contribution in [0.2, 0.25) is 0 Å². The molecule has 0 saturated carbocycles. The van der Waals surface area contributed by atoms with Gasteiger partial charge in [-0.1, -0.05) is 30.0 Å². The Balaban J connectivity index is 1.80. The van der Waals surface area contributed by atoms with E-state index < -0.39 is 0 Å².